The Hall–Kier alpha value is -4.00. The molecule has 0 aliphatic rings. The fraction of sp³-hybridized carbons (Fsp3) is 0.282. The summed E-state index contributed by atoms with van der Waals surface area (Å²) in [6.45, 7) is 19.5. The molecule has 0 nitrogen and oxygen atoms in total. The summed E-state index contributed by atoms with van der Waals surface area (Å²) in [6.07, 6.45) is 0. The highest BCUT2D eigenvalue weighted by Crippen LogP contribution is 2.34. The van der Waals surface area contributed by atoms with Gasteiger partial charge in [0.05, 0.1) is 0 Å². The monoisotopic (exact) mass is 510 g/mol. The topological polar surface area (TPSA) is 0 Å². The van der Waals surface area contributed by atoms with E-state index in [1.165, 1.54) is 38.9 Å². The van der Waals surface area contributed by atoms with Gasteiger partial charge in [-0.25, -0.2) is 0 Å². The number of benzene rings is 4. The van der Waals surface area contributed by atoms with E-state index in [4.69, 9.17) is 0 Å². The van der Waals surface area contributed by atoms with Crippen LogP contribution >= 0.6 is 0 Å². The van der Waals surface area contributed by atoms with Gasteiger partial charge < -0.3 is 0 Å². The molecule has 0 aromatic heterocycles. The van der Waals surface area contributed by atoms with Crippen molar-refractivity contribution < 1.29 is 0 Å². The van der Waals surface area contributed by atoms with Crippen molar-refractivity contribution in [2.24, 2.45) is 0 Å². The molecule has 0 saturated heterocycles. The van der Waals surface area contributed by atoms with E-state index in [2.05, 4.69) is 163 Å². The van der Waals surface area contributed by atoms with Crippen LogP contribution in [0, 0.1) is 30.6 Å². The Labute approximate surface area is 237 Å². The first-order chi connectivity index (χ1) is 18.4. The molecule has 0 saturated carbocycles. The van der Waals surface area contributed by atoms with Crippen LogP contribution in [0.5, 0.6) is 0 Å². The van der Waals surface area contributed by atoms with Crippen molar-refractivity contribution in [1.29, 1.82) is 0 Å². The second kappa shape index (κ2) is 12.7. The zero-order valence-electron chi connectivity index (χ0n) is 25.2. The first kappa shape index (κ1) is 29.6. The van der Waals surface area contributed by atoms with Crippen LogP contribution in [-0.2, 0) is 10.8 Å². The van der Waals surface area contributed by atoms with E-state index in [0.717, 1.165) is 11.1 Å². The van der Waals surface area contributed by atoms with Gasteiger partial charge in [0.25, 0.3) is 0 Å². The number of hydrogen-bond donors (Lipinski definition) is 0. The second-order valence-corrected chi connectivity index (χ2v) is 12.1. The predicted molar refractivity (Wildman–Crippen MR) is 171 cm³/mol. The van der Waals surface area contributed by atoms with Gasteiger partial charge in [-0.05, 0) is 89.2 Å². The normalized spacial score (nSPS) is 10.8. The Balaban J connectivity index is 0.000000230. The average molecular weight is 511 g/mol. The Morgan fingerprint density at radius 3 is 1.10 bits per heavy atom. The maximum Gasteiger partial charge on any atom is 0.0245 e. The van der Waals surface area contributed by atoms with Crippen molar-refractivity contribution >= 4 is 0 Å². The van der Waals surface area contributed by atoms with Crippen molar-refractivity contribution in [1.82, 2.24) is 0 Å². The zero-order valence-corrected chi connectivity index (χ0v) is 25.2. The number of aryl methyl sites for hydroxylation is 1. The summed E-state index contributed by atoms with van der Waals surface area (Å²) in [6, 6.07) is 32.5. The first-order valence-corrected chi connectivity index (χ1v) is 13.7. The van der Waals surface area contributed by atoms with Crippen LogP contribution in [0.1, 0.15) is 83.2 Å². The molecule has 0 aliphatic heterocycles. The van der Waals surface area contributed by atoms with Gasteiger partial charge in [0.15, 0.2) is 0 Å². The number of rotatable bonds is 2. The Morgan fingerprint density at radius 2 is 0.769 bits per heavy atom. The van der Waals surface area contributed by atoms with Crippen LogP contribution in [0.4, 0.5) is 0 Å². The van der Waals surface area contributed by atoms with Crippen LogP contribution in [-0.4, -0.2) is 0 Å². The highest BCUT2D eigenvalue weighted by atomic mass is 14.3. The van der Waals surface area contributed by atoms with Crippen molar-refractivity contribution in [3.05, 3.63) is 119 Å². The summed E-state index contributed by atoms with van der Waals surface area (Å²) in [5.41, 5.74) is 11.5. The van der Waals surface area contributed by atoms with Crippen molar-refractivity contribution in [2.75, 3.05) is 0 Å². The molecule has 4 aromatic rings. The van der Waals surface area contributed by atoms with E-state index in [1.54, 1.807) is 0 Å². The quantitative estimate of drug-likeness (QED) is 0.235. The third-order valence-corrected chi connectivity index (χ3v) is 6.69. The summed E-state index contributed by atoms with van der Waals surface area (Å²) in [5.74, 6) is 12.0. The molecule has 0 atom stereocenters. The SMILES string of the molecule is CC#Cc1ccc(-c2cc(C(C)(C)C)cc(C(C)(C)C)c2)cc1.CC#Cc1ccc(-c2ccc(C)cc2)cc1. The molecule has 4 rings (SSSR count). The van der Waals surface area contributed by atoms with Gasteiger partial charge in [-0.15, -0.1) is 11.8 Å². The Morgan fingerprint density at radius 1 is 0.436 bits per heavy atom. The predicted octanol–water partition coefficient (Wildman–Crippen LogP) is 10.4. The molecular weight excluding hydrogens is 468 g/mol. The lowest BCUT2D eigenvalue weighted by Gasteiger charge is -2.26. The molecular formula is C39H42. The Bertz CT molecular complexity index is 1460. The second-order valence-electron chi connectivity index (χ2n) is 12.1. The number of hydrogen-bond acceptors (Lipinski definition) is 0. The molecule has 0 heterocycles. The lowest BCUT2D eigenvalue weighted by Crippen LogP contribution is -2.16. The summed E-state index contributed by atoms with van der Waals surface area (Å²) in [4.78, 5) is 0. The van der Waals surface area contributed by atoms with Crippen LogP contribution in [0.15, 0.2) is 91.0 Å². The van der Waals surface area contributed by atoms with E-state index in [1.807, 2.05) is 13.8 Å². The van der Waals surface area contributed by atoms with Crippen LogP contribution in [0.25, 0.3) is 22.3 Å². The average Bonchev–Trinajstić information content (AvgIpc) is 2.90. The molecule has 0 unspecified atom stereocenters. The molecule has 4 aromatic carbocycles. The minimum atomic E-state index is 0.142. The van der Waals surface area contributed by atoms with Crippen LogP contribution < -0.4 is 0 Å². The van der Waals surface area contributed by atoms with Gasteiger partial charge in [-0.2, -0.15) is 0 Å². The molecule has 0 fully saturated rings. The van der Waals surface area contributed by atoms with Crippen molar-refractivity contribution in [3.63, 3.8) is 0 Å². The maximum absolute atomic E-state index is 3.11. The summed E-state index contributed by atoms with van der Waals surface area (Å²) < 4.78 is 0. The summed E-state index contributed by atoms with van der Waals surface area (Å²) >= 11 is 0. The molecule has 0 bridgehead atoms. The Kier molecular flexibility index (Phi) is 9.62. The molecule has 0 aliphatic carbocycles. The highest BCUT2D eigenvalue weighted by molar-refractivity contribution is 5.67. The molecule has 39 heavy (non-hydrogen) atoms. The van der Waals surface area contributed by atoms with Gasteiger partial charge in [0, 0.05) is 11.1 Å². The van der Waals surface area contributed by atoms with Crippen LogP contribution in [0.3, 0.4) is 0 Å². The summed E-state index contributed by atoms with van der Waals surface area (Å²) in [5, 5.41) is 0. The summed E-state index contributed by atoms with van der Waals surface area (Å²) in [7, 11) is 0. The van der Waals surface area contributed by atoms with E-state index in [9.17, 15) is 0 Å². The van der Waals surface area contributed by atoms with Gasteiger partial charge in [0.1, 0.15) is 0 Å². The largest absolute Gasteiger partial charge is 0.101 e. The smallest absolute Gasteiger partial charge is 0.0245 e. The lowest BCUT2D eigenvalue weighted by atomic mass is 9.79. The van der Waals surface area contributed by atoms with Crippen LogP contribution in [0.2, 0.25) is 0 Å². The van der Waals surface area contributed by atoms with Gasteiger partial charge in [0.2, 0.25) is 0 Å². The molecule has 0 amide bonds. The van der Waals surface area contributed by atoms with Gasteiger partial charge in [-0.1, -0.05) is 126 Å². The van der Waals surface area contributed by atoms with Gasteiger partial charge in [-0.3, -0.25) is 0 Å². The third-order valence-electron chi connectivity index (χ3n) is 6.69. The zero-order chi connectivity index (χ0) is 28.6. The third kappa shape index (κ3) is 8.50. The van der Waals surface area contributed by atoms with E-state index >= 15 is 0 Å². The molecule has 0 radical (unpaired) electrons. The molecule has 0 heteroatoms. The van der Waals surface area contributed by atoms with Crippen molar-refractivity contribution in [2.45, 2.75) is 73.1 Å². The minimum absolute atomic E-state index is 0.142. The molecule has 0 spiro atoms. The minimum Gasteiger partial charge on any atom is -0.101 e. The molecule has 198 valence electrons. The fourth-order valence-electron chi connectivity index (χ4n) is 4.19. The fourth-order valence-corrected chi connectivity index (χ4v) is 4.19. The molecule has 0 N–H and O–H groups in total. The first-order valence-electron chi connectivity index (χ1n) is 13.7. The highest BCUT2D eigenvalue weighted by Gasteiger charge is 2.20. The maximum atomic E-state index is 3.11. The van der Waals surface area contributed by atoms with E-state index in [-0.39, 0.29) is 10.8 Å². The standard InChI is InChI=1S/C23H28.C16H14/c1-8-9-17-10-12-18(13-11-17)19-14-20(22(2,3)4)16-21(15-19)23(5,6)7;1-3-4-14-7-11-16(12-8-14)15-9-5-13(2)6-10-15/h10-16H,1-7H3;5-12H,1-2H3. The lowest BCUT2D eigenvalue weighted by molar-refractivity contribution is 0.569. The van der Waals surface area contributed by atoms with Crippen molar-refractivity contribution in [3.8, 4) is 45.9 Å². The van der Waals surface area contributed by atoms with E-state index in [0.29, 0.717) is 0 Å². The van der Waals surface area contributed by atoms with Gasteiger partial charge >= 0.3 is 0 Å². The van der Waals surface area contributed by atoms with E-state index < -0.39 is 0 Å².